The summed E-state index contributed by atoms with van der Waals surface area (Å²) in [5.41, 5.74) is 7.17. The van der Waals surface area contributed by atoms with Gasteiger partial charge < -0.3 is 0 Å². The molecule has 0 aliphatic heterocycles. The molecule has 28 heavy (non-hydrogen) atoms. The van der Waals surface area contributed by atoms with E-state index in [1.165, 1.54) is 0 Å². The first-order chi connectivity index (χ1) is 13.6. The summed E-state index contributed by atoms with van der Waals surface area (Å²) in [6.07, 6.45) is 0. The third kappa shape index (κ3) is 2.96. The SMILES string of the molecule is NNC(=O)c1ccc(-c2c3ccccc3cc3ccc(C(=O)NN)cc23)cc1. The van der Waals surface area contributed by atoms with Gasteiger partial charge in [0.2, 0.25) is 0 Å². The number of nitrogens with two attached hydrogens (primary N) is 2. The van der Waals surface area contributed by atoms with E-state index in [1.54, 1.807) is 18.2 Å². The number of carbonyl (C=O) groups excluding carboxylic acids is 2. The van der Waals surface area contributed by atoms with Gasteiger partial charge in [0.1, 0.15) is 0 Å². The van der Waals surface area contributed by atoms with Crippen molar-refractivity contribution in [2.24, 2.45) is 11.7 Å². The van der Waals surface area contributed by atoms with E-state index in [2.05, 4.69) is 23.0 Å². The first-order valence-corrected chi connectivity index (χ1v) is 8.70. The fraction of sp³-hybridized carbons (Fsp3) is 0. The van der Waals surface area contributed by atoms with Crippen molar-refractivity contribution in [1.29, 1.82) is 0 Å². The van der Waals surface area contributed by atoms with Gasteiger partial charge in [0.25, 0.3) is 11.8 Å². The Morgan fingerprint density at radius 3 is 1.96 bits per heavy atom. The van der Waals surface area contributed by atoms with Crippen LogP contribution in [0.4, 0.5) is 0 Å². The second kappa shape index (κ2) is 7.11. The van der Waals surface area contributed by atoms with E-state index >= 15 is 0 Å². The first-order valence-electron chi connectivity index (χ1n) is 8.70. The average molecular weight is 370 g/mol. The van der Waals surface area contributed by atoms with Crippen molar-refractivity contribution in [3.05, 3.63) is 83.9 Å². The Morgan fingerprint density at radius 1 is 0.643 bits per heavy atom. The summed E-state index contributed by atoms with van der Waals surface area (Å²) in [6.45, 7) is 0. The summed E-state index contributed by atoms with van der Waals surface area (Å²) in [7, 11) is 0. The highest BCUT2D eigenvalue weighted by Crippen LogP contribution is 2.37. The van der Waals surface area contributed by atoms with Crippen LogP contribution < -0.4 is 22.5 Å². The third-order valence-corrected chi connectivity index (χ3v) is 4.82. The van der Waals surface area contributed by atoms with Crippen molar-refractivity contribution in [3.63, 3.8) is 0 Å². The van der Waals surface area contributed by atoms with Crippen LogP contribution in [0.5, 0.6) is 0 Å². The molecule has 6 heteroatoms. The standard InChI is InChI=1S/C22H18N4O2/c23-25-21(27)14-7-5-13(6-8-14)20-18-4-2-1-3-15(18)11-16-9-10-17(12-19(16)20)22(28)26-24/h1-12H,23-24H2,(H,25,27)(H,26,28). The lowest BCUT2D eigenvalue weighted by atomic mass is 9.90. The normalized spacial score (nSPS) is 10.8. The molecule has 6 nitrogen and oxygen atoms in total. The van der Waals surface area contributed by atoms with Gasteiger partial charge in [-0.2, -0.15) is 0 Å². The van der Waals surface area contributed by atoms with E-state index in [1.807, 2.05) is 42.5 Å². The molecule has 138 valence electrons. The highest BCUT2D eigenvalue weighted by Gasteiger charge is 2.13. The van der Waals surface area contributed by atoms with Crippen LogP contribution in [0.15, 0.2) is 72.8 Å². The van der Waals surface area contributed by atoms with Crippen molar-refractivity contribution in [1.82, 2.24) is 10.9 Å². The molecule has 0 fully saturated rings. The van der Waals surface area contributed by atoms with Gasteiger partial charge >= 0.3 is 0 Å². The molecular weight excluding hydrogens is 352 g/mol. The maximum atomic E-state index is 12.0. The van der Waals surface area contributed by atoms with Gasteiger partial charge in [-0.25, -0.2) is 11.7 Å². The molecule has 0 saturated carbocycles. The van der Waals surface area contributed by atoms with E-state index in [0.717, 1.165) is 32.7 Å². The van der Waals surface area contributed by atoms with Crippen LogP contribution in [0.3, 0.4) is 0 Å². The zero-order valence-electron chi connectivity index (χ0n) is 14.9. The summed E-state index contributed by atoms with van der Waals surface area (Å²) in [4.78, 5) is 23.8. The molecule has 0 aromatic heterocycles. The Bertz CT molecular complexity index is 1220. The van der Waals surface area contributed by atoms with E-state index in [-0.39, 0.29) is 11.8 Å². The number of fused-ring (bicyclic) bond motifs is 2. The highest BCUT2D eigenvalue weighted by atomic mass is 16.2. The van der Waals surface area contributed by atoms with Crippen molar-refractivity contribution < 1.29 is 9.59 Å². The molecule has 0 heterocycles. The molecule has 0 bridgehead atoms. The predicted molar refractivity (Wildman–Crippen MR) is 110 cm³/mol. The topological polar surface area (TPSA) is 110 Å². The number of hydrogen-bond donors (Lipinski definition) is 4. The molecule has 4 aromatic carbocycles. The molecule has 4 aromatic rings. The molecule has 4 rings (SSSR count). The van der Waals surface area contributed by atoms with Crippen LogP contribution in [-0.4, -0.2) is 11.8 Å². The van der Waals surface area contributed by atoms with Crippen LogP contribution in [-0.2, 0) is 0 Å². The number of hydrogen-bond acceptors (Lipinski definition) is 4. The Kier molecular flexibility index (Phi) is 4.49. The number of carbonyl (C=O) groups is 2. The molecule has 0 spiro atoms. The zero-order chi connectivity index (χ0) is 19.7. The zero-order valence-corrected chi connectivity index (χ0v) is 14.9. The molecule has 0 unspecified atom stereocenters. The Balaban J connectivity index is 2.02. The first kappa shape index (κ1) is 17.7. The fourth-order valence-corrected chi connectivity index (χ4v) is 3.47. The third-order valence-electron chi connectivity index (χ3n) is 4.82. The number of benzene rings is 4. The molecule has 0 radical (unpaired) electrons. The van der Waals surface area contributed by atoms with Crippen LogP contribution in [0.2, 0.25) is 0 Å². The fourth-order valence-electron chi connectivity index (χ4n) is 3.47. The van der Waals surface area contributed by atoms with E-state index < -0.39 is 0 Å². The summed E-state index contributed by atoms with van der Waals surface area (Å²) in [5, 5.41) is 4.07. The summed E-state index contributed by atoms with van der Waals surface area (Å²) >= 11 is 0. The van der Waals surface area contributed by atoms with Crippen molar-refractivity contribution in [2.75, 3.05) is 0 Å². The van der Waals surface area contributed by atoms with Gasteiger partial charge in [-0.15, -0.1) is 0 Å². The van der Waals surface area contributed by atoms with Gasteiger partial charge in [-0.3, -0.25) is 20.4 Å². The van der Waals surface area contributed by atoms with Gasteiger partial charge in [-0.1, -0.05) is 42.5 Å². The number of hydrazine groups is 2. The number of nitrogen functional groups attached to an aromatic ring is 2. The minimum absolute atomic E-state index is 0.351. The molecule has 0 aliphatic rings. The molecule has 0 atom stereocenters. The van der Waals surface area contributed by atoms with Crippen molar-refractivity contribution in [2.45, 2.75) is 0 Å². The summed E-state index contributed by atoms with van der Waals surface area (Å²) < 4.78 is 0. The second-order valence-electron chi connectivity index (χ2n) is 6.43. The minimum Gasteiger partial charge on any atom is -0.290 e. The lowest BCUT2D eigenvalue weighted by Crippen LogP contribution is -2.29. The van der Waals surface area contributed by atoms with E-state index in [9.17, 15) is 9.59 Å². The Labute approximate surface area is 161 Å². The molecule has 0 aliphatic carbocycles. The van der Waals surface area contributed by atoms with Gasteiger partial charge in [0.05, 0.1) is 0 Å². The lowest BCUT2D eigenvalue weighted by Gasteiger charge is -2.13. The minimum atomic E-state index is -0.351. The van der Waals surface area contributed by atoms with Gasteiger partial charge in [0, 0.05) is 11.1 Å². The maximum Gasteiger partial charge on any atom is 0.265 e. The van der Waals surface area contributed by atoms with Crippen molar-refractivity contribution in [3.8, 4) is 11.1 Å². The Morgan fingerprint density at radius 2 is 1.25 bits per heavy atom. The van der Waals surface area contributed by atoms with Crippen LogP contribution >= 0.6 is 0 Å². The van der Waals surface area contributed by atoms with Gasteiger partial charge in [-0.05, 0) is 63.0 Å². The molecule has 2 amide bonds. The smallest absolute Gasteiger partial charge is 0.265 e. The van der Waals surface area contributed by atoms with E-state index in [0.29, 0.717) is 11.1 Å². The Hall–Kier alpha value is -3.74. The van der Waals surface area contributed by atoms with Crippen molar-refractivity contribution >= 4 is 33.4 Å². The van der Waals surface area contributed by atoms with Crippen LogP contribution in [0.25, 0.3) is 32.7 Å². The average Bonchev–Trinajstić information content (AvgIpc) is 2.76. The van der Waals surface area contributed by atoms with Crippen LogP contribution in [0, 0.1) is 0 Å². The van der Waals surface area contributed by atoms with E-state index in [4.69, 9.17) is 11.7 Å². The highest BCUT2D eigenvalue weighted by molar-refractivity contribution is 6.14. The number of amides is 2. The second-order valence-corrected chi connectivity index (χ2v) is 6.43. The quantitative estimate of drug-likeness (QED) is 0.192. The predicted octanol–water partition coefficient (Wildman–Crippen LogP) is 2.87. The summed E-state index contributed by atoms with van der Waals surface area (Å²) in [5.74, 6) is 9.81. The maximum absolute atomic E-state index is 12.0. The van der Waals surface area contributed by atoms with Gasteiger partial charge in [0.15, 0.2) is 0 Å². The van der Waals surface area contributed by atoms with Crippen LogP contribution in [0.1, 0.15) is 20.7 Å². The monoisotopic (exact) mass is 370 g/mol. The largest absolute Gasteiger partial charge is 0.290 e. The summed E-state index contributed by atoms with van der Waals surface area (Å²) in [6, 6.07) is 22.8. The molecule has 0 saturated heterocycles. The number of nitrogens with one attached hydrogen (secondary N) is 2. The lowest BCUT2D eigenvalue weighted by molar-refractivity contribution is 0.0946. The molecular formula is C22H18N4O2. The number of rotatable bonds is 3. The molecule has 6 N–H and O–H groups in total.